The Morgan fingerprint density at radius 2 is 1.80 bits per heavy atom. The van der Waals surface area contributed by atoms with Gasteiger partial charge in [0.2, 0.25) is 0 Å². The molecule has 2 heterocycles. The smallest absolute Gasteiger partial charge is 0.410 e. The van der Waals surface area contributed by atoms with Crippen LogP contribution in [0.1, 0.15) is 25.5 Å². The fraction of sp³-hybridized carbons (Fsp3) is 0.258. The number of halogens is 1. The molecule has 4 aromatic rings. The highest BCUT2D eigenvalue weighted by Crippen LogP contribution is 2.59. The number of anilines is 2. The molecule has 40 heavy (non-hydrogen) atoms. The van der Waals surface area contributed by atoms with Gasteiger partial charge < -0.3 is 14.4 Å². The Morgan fingerprint density at radius 3 is 2.50 bits per heavy atom. The fourth-order valence-electron chi connectivity index (χ4n) is 4.71. The molecular weight excluding hydrogens is 527 g/mol. The van der Waals surface area contributed by atoms with Gasteiger partial charge in [-0.2, -0.15) is 0 Å². The molecule has 1 aromatic heterocycles. The Kier molecular flexibility index (Phi) is 7.40. The van der Waals surface area contributed by atoms with Gasteiger partial charge in [0.25, 0.3) is 0 Å². The maximum Gasteiger partial charge on any atom is 0.417 e. The summed E-state index contributed by atoms with van der Waals surface area (Å²) in [6.07, 6.45) is 1.40. The van der Waals surface area contributed by atoms with Gasteiger partial charge >= 0.3 is 6.09 Å². The number of nitrogens with one attached hydrogen (secondary N) is 1. The minimum absolute atomic E-state index is 0.178. The minimum atomic E-state index is -0.561. The van der Waals surface area contributed by atoms with Crippen molar-refractivity contribution in [2.45, 2.75) is 35.4 Å². The summed E-state index contributed by atoms with van der Waals surface area (Å²) in [4.78, 5) is 25.6. The van der Waals surface area contributed by atoms with E-state index in [0.717, 1.165) is 41.4 Å². The van der Waals surface area contributed by atoms with Crippen LogP contribution in [-0.2, 0) is 9.48 Å². The standard InChI is InChI=1S/C31H29FN4O3S/c1-21-20-38-18-17-36(21)28-19-27(31(15-16-31)40-26-13-9-23(32)10-14-26)34-29(35-28)22-7-11-24(12-8-22)33-30(37)39-25-5-3-2-4-6-25/h2-14,19,21H,15-18,20H2,1H3,(H,33,37). The van der Waals surface area contributed by atoms with Crippen molar-refractivity contribution in [1.29, 1.82) is 0 Å². The first-order valence-corrected chi connectivity index (χ1v) is 14.1. The van der Waals surface area contributed by atoms with Crippen molar-refractivity contribution in [3.8, 4) is 17.1 Å². The Morgan fingerprint density at radius 1 is 1.05 bits per heavy atom. The molecule has 1 N–H and O–H groups in total. The van der Waals surface area contributed by atoms with Crippen molar-refractivity contribution in [2.24, 2.45) is 0 Å². The highest BCUT2D eigenvalue weighted by atomic mass is 32.2. The monoisotopic (exact) mass is 556 g/mol. The third-order valence-corrected chi connectivity index (χ3v) is 8.53. The van der Waals surface area contributed by atoms with Gasteiger partial charge in [0, 0.05) is 28.8 Å². The predicted octanol–water partition coefficient (Wildman–Crippen LogP) is 6.90. The van der Waals surface area contributed by atoms with Crippen LogP contribution in [0.2, 0.25) is 0 Å². The van der Waals surface area contributed by atoms with Crippen LogP contribution >= 0.6 is 11.8 Å². The van der Waals surface area contributed by atoms with E-state index in [4.69, 9.17) is 19.4 Å². The first-order valence-electron chi connectivity index (χ1n) is 13.3. The molecule has 0 radical (unpaired) electrons. The summed E-state index contributed by atoms with van der Waals surface area (Å²) in [6, 6.07) is 25.3. The van der Waals surface area contributed by atoms with Crippen LogP contribution in [0, 0.1) is 5.82 Å². The molecule has 9 heteroatoms. The molecule has 2 fully saturated rings. The van der Waals surface area contributed by atoms with E-state index in [1.54, 1.807) is 36.0 Å². The van der Waals surface area contributed by atoms with Crippen LogP contribution < -0.4 is 15.0 Å². The number of hydrogen-bond donors (Lipinski definition) is 1. The predicted molar refractivity (Wildman–Crippen MR) is 154 cm³/mol. The summed E-state index contributed by atoms with van der Waals surface area (Å²) in [5, 5.41) is 2.76. The Bertz CT molecular complexity index is 1480. The molecule has 1 amide bonds. The minimum Gasteiger partial charge on any atom is -0.410 e. The number of benzene rings is 3. The van der Waals surface area contributed by atoms with E-state index in [-0.39, 0.29) is 16.6 Å². The molecular formula is C31H29FN4O3S. The zero-order valence-corrected chi connectivity index (χ0v) is 22.9. The molecule has 1 saturated carbocycles. The lowest BCUT2D eigenvalue weighted by Crippen LogP contribution is -2.44. The number of amides is 1. The second-order valence-electron chi connectivity index (χ2n) is 10.0. The summed E-state index contributed by atoms with van der Waals surface area (Å²) in [6.45, 7) is 4.18. The van der Waals surface area contributed by atoms with Crippen LogP contribution in [0.15, 0.2) is 89.8 Å². The third kappa shape index (κ3) is 5.95. The quantitative estimate of drug-likeness (QED) is 0.265. The molecule has 1 aliphatic heterocycles. The van der Waals surface area contributed by atoms with E-state index in [2.05, 4.69) is 23.2 Å². The highest BCUT2D eigenvalue weighted by Gasteiger charge is 2.47. The molecule has 1 aliphatic carbocycles. The maximum atomic E-state index is 13.5. The lowest BCUT2D eigenvalue weighted by atomic mass is 10.1. The lowest BCUT2D eigenvalue weighted by Gasteiger charge is -2.34. The van der Waals surface area contributed by atoms with Crippen LogP contribution in [0.5, 0.6) is 5.75 Å². The number of para-hydroxylation sites is 1. The van der Waals surface area contributed by atoms with Gasteiger partial charge in [-0.25, -0.2) is 19.2 Å². The number of carbonyl (C=O) groups is 1. The molecule has 7 nitrogen and oxygen atoms in total. The van der Waals surface area contributed by atoms with E-state index in [1.807, 2.05) is 42.5 Å². The normalized spacial score (nSPS) is 17.8. The van der Waals surface area contributed by atoms with E-state index >= 15 is 0 Å². The zero-order valence-electron chi connectivity index (χ0n) is 22.0. The number of aromatic nitrogens is 2. The molecule has 2 aliphatic rings. The van der Waals surface area contributed by atoms with Crippen LogP contribution in [0.4, 0.5) is 20.7 Å². The van der Waals surface area contributed by atoms with Gasteiger partial charge in [-0.3, -0.25) is 5.32 Å². The van der Waals surface area contributed by atoms with Crippen LogP contribution in [0.3, 0.4) is 0 Å². The maximum absolute atomic E-state index is 13.5. The highest BCUT2D eigenvalue weighted by molar-refractivity contribution is 8.00. The number of morpholine rings is 1. The molecule has 204 valence electrons. The lowest BCUT2D eigenvalue weighted by molar-refractivity contribution is 0.0985. The van der Waals surface area contributed by atoms with Crippen molar-refractivity contribution < 1.29 is 18.7 Å². The Hall–Kier alpha value is -3.95. The second kappa shape index (κ2) is 11.3. The molecule has 1 unspecified atom stereocenters. The van der Waals surface area contributed by atoms with Crippen molar-refractivity contribution in [2.75, 3.05) is 30.0 Å². The number of hydrogen-bond acceptors (Lipinski definition) is 7. The topological polar surface area (TPSA) is 76.6 Å². The largest absolute Gasteiger partial charge is 0.417 e. The first-order chi connectivity index (χ1) is 19.5. The Balaban J connectivity index is 1.27. The van der Waals surface area contributed by atoms with E-state index < -0.39 is 6.09 Å². The SMILES string of the molecule is CC1COCCN1c1cc(C2(Sc3ccc(F)cc3)CC2)nc(-c2ccc(NC(=O)Oc3ccccc3)cc2)n1. The van der Waals surface area contributed by atoms with Gasteiger partial charge in [-0.05, 0) is 80.4 Å². The van der Waals surface area contributed by atoms with E-state index in [1.165, 1.54) is 12.1 Å². The number of carbonyl (C=O) groups excluding carboxylic acids is 1. The van der Waals surface area contributed by atoms with E-state index in [9.17, 15) is 9.18 Å². The van der Waals surface area contributed by atoms with Crippen molar-refractivity contribution >= 4 is 29.4 Å². The van der Waals surface area contributed by atoms with Gasteiger partial charge in [0.05, 0.1) is 29.7 Å². The number of nitrogens with zero attached hydrogens (tertiary/aromatic N) is 3. The van der Waals surface area contributed by atoms with Crippen LogP contribution in [0.25, 0.3) is 11.4 Å². The van der Waals surface area contributed by atoms with Crippen molar-refractivity contribution in [1.82, 2.24) is 9.97 Å². The average Bonchev–Trinajstić information content (AvgIpc) is 3.76. The molecule has 0 bridgehead atoms. The van der Waals surface area contributed by atoms with E-state index in [0.29, 0.717) is 30.5 Å². The third-order valence-electron chi connectivity index (χ3n) is 7.02. The van der Waals surface area contributed by atoms with Gasteiger partial charge in [-0.1, -0.05) is 18.2 Å². The van der Waals surface area contributed by atoms with Crippen LogP contribution in [-0.4, -0.2) is 41.9 Å². The summed E-state index contributed by atoms with van der Waals surface area (Å²) in [7, 11) is 0. The van der Waals surface area contributed by atoms with Crippen molar-refractivity contribution in [3.63, 3.8) is 0 Å². The first kappa shape index (κ1) is 26.3. The fourth-order valence-corrected chi connectivity index (χ4v) is 5.94. The second-order valence-corrected chi connectivity index (χ2v) is 11.5. The molecule has 6 rings (SSSR count). The van der Waals surface area contributed by atoms with Gasteiger partial charge in [-0.15, -0.1) is 11.8 Å². The number of ether oxygens (including phenoxy) is 2. The number of rotatable bonds is 7. The zero-order chi connectivity index (χ0) is 27.5. The summed E-state index contributed by atoms with van der Waals surface area (Å²) in [5.74, 6) is 1.72. The summed E-state index contributed by atoms with van der Waals surface area (Å²) >= 11 is 1.73. The van der Waals surface area contributed by atoms with Crippen molar-refractivity contribution in [3.05, 3.63) is 96.4 Å². The average molecular weight is 557 g/mol. The van der Waals surface area contributed by atoms with Gasteiger partial charge in [0.15, 0.2) is 5.82 Å². The number of thioether (sulfide) groups is 1. The molecule has 1 atom stereocenters. The molecule has 0 spiro atoms. The molecule has 1 saturated heterocycles. The molecule has 3 aromatic carbocycles. The summed E-state index contributed by atoms with van der Waals surface area (Å²) < 4.78 is 24.3. The summed E-state index contributed by atoms with van der Waals surface area (Å²) in [5.41, 5.74) is 2.41. The van der Waals surface area contributed by atoms with Gasteiger partial charge in [0.1, 0.15) is 17.4 Å². The Labute approximate surface area is 236 Å².